The average Bonchev–Trinajstić information content (AvgIpc) is 2.77. The van der Waals surface area contributed by atoms with Crippen LogP contribution in [-0.2, 0) is 15.4 Å². The highest BCUT2D eigenvalue weighted by atomic mass is 32.2. The van der Waals surface area contributed by atoms with Gasteiger partial charge in [0, 0.05) is 13.1 Å². The highest BCUT2D eigenvalue weighted by molar-refractivity contribution is 7.92. The Kier molecular flexibility index (Phi) is 4.33. The van der Waals surface area contributed by atoms with Gasteiger partial charge in [0.05, 0.1) is 10.6 Å². The molecule has 0 unspecified atom stereocenters. The zero-order valence-corrected chi connectivity index (χ0v) is 18.7. The molecule has 4 aliphatic carbocycles. The van der Waals surface area contributed by atoms with Gasteiger partial charge >= 0.3 is 0 Å². The average molecular weight is 440 g/mol. The number of hydrogen-bond acceptors (Lipinski definition) is 4. The van der Waals surface area contributed by atoms with Gasteiger partial charge in [0.1, 0.15) is 13.2 Å². The van der Waals surface area contributed by atoms with Crippen LogP contribution in [0.25, 0.3) is 0 Å². The number of sulfonamides is 1. The van der Waals surface area contributed by atoms with E-state index in [9.17, 15) is 8.42 Å². The molecule has 6 heteroatoms. The summed E-state index contributed by atoms with van der Waals surface area (Å²) in [6, 6.07) is 13.1. The molecular weight excluding hydrogens is 410 g/mol. The first-order valence-corrected chi connectivity index (χ1v) is 12.9. The van der Waals surface area contributed by atoms with Gasteiger partial charge in [0.15, 0.2) is 11.5 Å². The lowest BCUT2D eigenvalue weighted by Crippen LogP contribution is -2.48. The highest BCUT2D eigenvalue weighted by Crippen LogP contribution is 2.60. The van der Waals surface area contributed by atoms with Crippen LogP contribution in [0.4, 0.5) is 5.69 Å². The second-order valence-electron chi connectivity index (χ2n) is 10.0. The molecule has 0 saturated heterocycles. The standard InChI is InChI=1S/C25H29NO4S/c1-26(31(27,28)22-6-7-23-24(13-22)30-9-8-29-23)21-4-2-20(3-5-21)25-14-17-10-18(15-25)12-19(11-17)16-25/h2-7,13,17-19H,8-12,14-16H2,1H3. The summed E-state index contributed by atoms with van der Waals surface area (Å²) in [5.41, 5.74) is 2.41. The number of fused-ring (bicyclic) bond motifs is 1. The molecule has 5 aliphatic rings. The maximum atomic E-state index is 13.3. The van der Waals surface area contributed by atoms with Crippen molar-refractivity contribution in [2.45, 2.75) is 48.8 Å². The van der Waals surface area contributed by atoms with E-state index in [0.717, 1.165) is 17.8 Å². The molecule has 5 nitrogen and oxygen atoms in total. The summed E-state index contributed by atoms with van der Waals surface area (Å²) in [4.78, 5) is 0.212. The third kappa shape index (κ3) is 3.13. The number of nitrogens with zero attached hydrogens (tertiary/aromatic N) is 1. The third-order valence-corrected chi connectivity index (χ3v) is 9.84. The summed E-state index contributed by atoms with van der Waals surface area (Å²) < 4.78 is 39.0. The molecular formula is C25H29NO4S. The lowest BCUT2D eigenvalue weighted by atomic mass is 9.48. The van der Waals surface area contributed by atoms with Gasteiger partial charge < -0.3 is 9.47 Å². The summed E-state index contributed by atoms with van der Waals surface area (Å²) in [7, 11) is -2.07. The number of rotatable bonds is 4. The van der Waals surface area contributed by atoms with Crippen molar-refractivity contribution >= 4 is 15.7 Å². The Labute approximate surface area is 184 Å². The van der Waals surface area contributed by atoms with Crippen molar-refractivity contribution in [2.24, 2.45) is 17.8 Å². The summed E-state index contributed by atoms with van der Waals surface area (Å²) in [6.45, 7) is 0.910. The minimum atomic E-state index is -3.69. The number of ether oxygens (including phenoxy) is 2. The molecule has 1 aliphatic heterocycles. The van der Waals surface area contributed by atoms with Crippen molar-refractivity contribution in [3.8, 4) is 11.5 Å². The fourth-order valence-electron chi connectivity index (χ4n) is 6.97. The van der Waals surface area contributed by atoms with Crippen LogP contribution in [0.3, 0.4) is 0 Å². The topological polar surface area (TPSA) is 55.8 Å². The Balaban J connectivity index is 1.27. The van der Waals surface area contributed by atoms with E-state index >= 15 is 0 Å². The van der Waals surface area contributed by atoms with E-state index in [2.05, 4.69) is 12.1 Å². The van der Waals surface area contributed by atoms with E-state index in [1.165, 1.54) is 48.4 Å². The van der Waals surface area contributed by atoms with Gasteiger partial charge in [-0.05, 0) is 91.5 Å². The van der Waals surface area contributed by atoms with Crippen molar-refractivity contribution < 1.29 is 17.9 Å². The van der Waals surface area contributed by atoms with Gasteiger partial charge in [0.2, 0.25) is 0 Å². The van der Waals surface area contributed by atoms with Gasteiger partial charge in [-0.2, -0.15) is 0 Å². The largest absolute Gasteiger partial charge is 0.486 e. The Morgan fingerprint density at radius 1 is 0.839 bits per heavy atom. The molecule has 0 amide bonds. The molecule has 31 heavy (non-hydrogen) atoms. The molecule has 0 atom stereocenters. The van der Waals surface area contributed by atoms with Crippen molar-refractivity contribution in [1.29, 1.82) is 0 Å². The third-order valence-electron chi connectivity index (χ3n) is 8.05. The number of benzene rings is 2. The smallest absolute Gasteiger partial charge is 0.264 e. The zero-order valence-electron chi connectivity index (χ0n) is 17.9. The van der Waals surface area contributed by atoms with Gasteiger partial charge in [-0.15, -0.1) is 0 Å². The van der Waals surface area contributed by atoms with Crippen LogP contribution >= 0.6 is 0 Å². The zero-order chi connectivity index (χ0) is 21.2. The first-order valence-electron chi connectivity index (χ1n) is 11.4. The van der Waals surface area contributed by atoms with Crippen LogP contribution in [0.5, 0.6) is 11.5 Å². The molecule has 1 heterocycles. The van der Waals surface area contributed by atoms with Crippen LogP contribution in [-0.4, -0.2) is 28.7 Å². The molecule has 2 aromatic carbocycles. The Hall–Kier alpha value is -2.21. The second kappa shape index (κ2) is 6.89. The van der Waals surface area contributed by atoms with Crippen LogP contribution in [0.15, 0.2) is 47.4 Å². The lowest BCUT2D eigenvalue weighted by Gasteiger charge is -2.57. The van der Waals surface area contributed by atoms with E-state index in [1.807, 2.05) is 12.1 Å². The fourth-order valence-corrected chi connectivity index (χ4v) is 8.18. The number of hydrogen-bond donors (Lipinski definition) is 0. The Morgan fingerprint density at radius 3 is 2.03 bits per heavy atom. The SMILES string of the molecule is CN(c1ccc(C23CC4CC(CC(C4)C2)C3)cc1)S(=O)(=O)c1ccc2c(c1)OCCO2. The monoisotopic (exact) mass is 439 g/mol. The first kappa shape index (κ1) is 19.5. The number of anilines is 1. The lowest BCUT2D eigenvalue weighted by molar-refractivity contribution is -0.00518. The van der Waals surface area contributed by atoms with Crippen molar-refractivity contribution in [3.05, 3.63) is 48.0 Å². The maximum absolute atomic E-state index is 13.3. The quantitative estimate of drug-likeness (QED) is 0.690. The van der Waals surface area contributed by atoms with Gasteiger partial charge in [-0.3, -0.25) is 4.31 Å². The molecule has 0 radical (unpaired) electrons. The summed E-state index contributed by atoms with van der Waals surface area (Å²) in [5.74, 6) is 3.75. The first-order chi connectivity index (χ1) is 14.9. The second-order valence-corrected chi connectivity index (χ2v) is 12.0. The van der Waals surface area contributed by atoms with E-state index < -0.39 is 10.0 Å². The van der Waals surface area contributed by atoms with Gasteiger partial charge in [-0.25, -0.2) is 8.42 Å². The minimum Gasteiger partial charge on any atom is -0.486 e. The van der Waals surface area contributed by atoms with Crippen molar-refractivity contribution in [2.75, 3.05) is 24.6 Å². The van der Waals surface area contributed by atoms with Crippen molar-refractivity contribution in [3.63, 3.8) is 0 Å². The molecule has 2 aromatic rings. The molecule has 4 saturated carbocycles. The Bertz CT molecular complexity index is 1070. The van der Waals surface area contributed by atoms with Crippen LogP contribution in [0, 0.1) is 17.8 Å². The fraction of sp³-hybridized carbons (Fsp3) is 0.520. The molecule has 4 fully saturated rings. The van der Waals surface area contributed by atoms with E-state index in [0.29, 0.717) is 35.8 Å². The molecule has 4 bridgehead atoms. The normalized spacial score (nSPS) is 30.9. The molecule has 0 aromatic heterocycles. The van der Waals surface area contributed by atoms with Gasteiger partial charge in [-0.1, -0.05) is 12.1 Å². The van der Waals surface area contributed by atoms with Crippen LogP contribution in [0.1, 0.15) is 44.1 Å². The Morgan fingerprint density at radius 2 is 1.42 bits per heavy atom. The van der Waals surface area contributed by atoms with Crippen molar-refractivity contribution in [1.82, 2.24) is 0 Å². The molecule has 164 valence electrons. The minimum absolute atomic E-state index is 0.212. The molecule has 0 spiro atoms. The molecule has 0 N–H and O–H groups in total. The predicted molar refractivity (Wildman–Crippen MR) is 119 cm³/mol. The van der Waals surface area contributed by atoms with Crippen LogP contribution in [0.2, 0.25) is 0 Å². The summed E-state index contributed by atoms with van der Waals surface area (Å²) in [6.07, 6.45) is 8.20. The van der Waals surface area contributed by atoms with E-state index in [1.54, 1.807) is 25.2 Å². The molecule has 7 rings (SSSR count). The maximum Gasteiger partial charge on any atom is 0.264 e. The van der Waals surface area contributed by atoms with E-state index in [-0.39, 0.29) is 4.90 Å². The highest BCUT2D eigenvalue weighted by Gasteiger charge is 2.51. The van der Waals surface area contributed by atoms with Gasteiger partial charge in [0.25, 0.3) is 10.0 Å². The summed E-state index contributed by atoms with van der Waals surface area (Å²) in [5, 5.41) is 0. The predicted octanol–water partition coefficient (Wildman–Crippen LogP) is 4.75. The summed E-state index contributed by atoms with van der Waals surface area (Å²) >= 11 is 0. The van der Waals surface area contributed by atoms with Crippen LogP contribution < -0.4 is 13.8 Å². The van der Waals surface area contributed by atoms with E-state index in [4.69, 9.17) is 9.47 Å².